The Bertz CT molecular complexity index is 603. The maximum atomic E-state index is 10.6. The largest absolute Gasteiger partial charge is 0.512 e. The van der Waals surface area contributed by atoms with E-state index in [2.05, 4.69) is 4.74 Å². The molecule has 0 bridgehead atoms. The average molecular weight is 420 g/mol. The van der Waals surface area contributed by atoms with Crippen LogP contribution in [0.2, 0.25) is 0 Å². The summed E-state index contributed by atoms with van der Waals surface area (Å²) < 4.78 is 4.57. The van der Waals surface area contributed by atoms with Crippen molar-refractivity contribution in [2.75, 3.05) is 19.8 Å². The van der Waals surface area contributed by atoms with E-state index in [0.717, 1.165) is 0 Å². The first-order valence-corrected chi connectivity index (χ1v) is 8.64. The molecule has 11 nitrogen and oxygen atoms in total. The molecule has 1 heterocycles. The molecule has 29 heavy (non-hydrogen) atoms. The Morgan fingerprint density at radius 1 is 1.03 bits per heavy atom. The molecule has 0 aromatic carbocycles. The van der Waals surface area contributed by atoms with E-state index in [1.807, 2.05) is 0 Å². The molecule has 0 amide bonds. The number of carboxylic acids is 2. The second-order valence-electron chi connectivity index (χ2n) is 5.98. The Kier molecular flexibility index (Phi) is 14.9. The lowest BCUT2D eigenvalue weighted by atomic mass is 10.0. The molecular formula is C18H28O11. The van der Waals surface area contributed by atoms with Crippen molar-refractivity contribution in [2.45, 2.75) is 40.0 Å². The highest BCUT2D eigenvalue weighted by atomic mass is 16.5. The van der Waals surface area contributed by atoms with Crippen LogP contribution in [-0.4, -0.2) is 74.8 Å². The SMILES string of the molecule is C/C(O)=C(\CCO)C(=O)O.CC(=O)C(CCO)C(=O)O.CC(=O)C1CCOC1=O. The molecule has 1 saturated heterocycles. The highest BCUT2D eigenvalue weighted by Crippen LogP contribution is 2.14. The summed E-state index contributed by atoms with van der Waals surface area (Å²) in [5.41, 5.74) is -0.137. The third-order valence-corrected chi connectivity index (χ3v) is 3.69. The van der Waals surface area contributed by atoms with Crippen LogP contribution in [0, 0.1) is 11.8 Å². The van der Waals surface area contributed by atoms with E-state index in [4.69, 9.17) is 25.5 Å². The summed E-state index contributed by atoms with van der Waals surface area (Å²) in [6, 6.07) is 0. The Morgan fingerprint density at radius 2 is 1.59 bits per heavy atom. The zero-order valence-electron chi connectivity index (χ0n) is 16.6. The second kappa shape index (κ2) is 15.2. The summed E-state index contributed by atoms with van der Waals surface area (Å²) in [5.74, 6) is -4.96. The maximum Gasteiger partial charge on any atom is 0.335 e. The van der Waals surface area contributed by atoms with Gasteiger partial charge in [0.25, 0.3) is 0 Å². The average Bonchev–Trinajstić information content (AvgIpc) is 3.03. The molecule has 2 unspecified atom stereocenters. The second-order valence-corrected chi connectivity index (χ2v) is 5.98. The molecule has 1 fully saturated rings. The summed E-state index contributed by atoms with van der Waals surface area (Å²) >= 11 is 0. The fraction of sp³-hybridized carbons (Fsp3) is 0.611. The number of aliphatic carboxylic acids is 2. The molecule has 1 aliphatic heterocycles. The number of aliphatic hydroxyl groups is 3. The van der Waals surface area contributed by atoms with E-state index < -0.39 is 29.6 Å². The van der Waals surface area contributed by atoms with E-state index in [9.17, 15) is 24.0 Å². The van der Waals surface area contributed by atoms with Crippen LogP contribution in [0.3, 0.4) is 0 Å². The monoisotopic (exact) mass is 420 g/mol. The molecule has 0 aliphatic carbocycles. The van der Waals surface area contributed by atoms with E-state index in [1.165, 1.54) is 20.8 Å². The van der Waals surface area contributed by atoms with Crippen molar-refractivity contribution in [1.29, 1.82) is 0 Å². The zero-order chi connectivity index (χ0) is 23.1. The number of hydrogen-bond acceptors (Lipinski definition) is 9. The van der Waals surface area contributed by atoms with Crippen molar-refractivity contribution in [2.24, 2.45) is 11.8 Å². The highest BCUT2D eigenvalue weighted by Gasteiger charge is 2.30. The molecule has 1 aliphatic rings. The van der Waals surface area contributed by atoms with Crippen molar-refractivity contribution in [3.63, 3.8) is 0 Å². The number of carbonyl (C=O) groups is 5. The Hall–Kier alpha value is -2.79. The first kappa shape index (κ1) is 28.4. The molecular weight excluding hydrogens is 392 g/mol. The number of rotatable bonds is 8. The van der Waals surface area contributed by atoms with Gasteiger partial charge in [-0.25, -0.2) is 4.79 Å². The van der Waals surface area contributed by atoms with Crippen LogP contribution in [0.4, 0.5) is 0 Å². The first-order chi connectivity index (χ1) is 13.4. The molecule has 11 heteroatoms. The van der Waals surface area contributed by atoms with Crippen molar-refractivity contribution in [3.8, 4) is 0 Å². The van der Waals surface area contributed by atoms with Crippen LogP contribution in [0.25, 0.3) is 0 Å². The van der Waals surface area contributed by atoms with Gasteiger partial charge < -0.3 is 30.3 Å². The molecule has 0 spiro atoms. The lowest BCUT2D eigenvalue weighted by molar-refractivity contribution is -0.147. The van der Waals surface area contributed by atoms with Crippen molar-refractivity contribution in [1.82, 2.24) is 0 Å². The zero-order valence-corrected chi connectivity index (χ0v) is 16.6. The van der Waals surface area contributed by atoms with Gasteiger partial charge in [0.1, 0.15) is 23.4 Å². The lowest BCUT2D eigenvalue weighted by Gasteiger charge is -2.04. The molecule has 0 aromatic heterocycles. The Balaban J connectivity index is 0. The van der Waals surface area contributed by atoms with Crippen molar-refractivity contribution < 1.29 is 54.2 Å². The number of esters is 1. The molecule has 166 valence electrons. The number of Topliss-reactive ketones (excluding diaryl/α,β-unsaturated/α-hetero) is 2. The van der Waals surface area contributed by atoms with Gasteiger partial charge in [-0.05, 0) is 27.2 Å². The van der Waals surface area contributed by atoms with E-state index >= 15 is 0 Å². The van der Waals surface area contributed by atoms with Crippen LogP contribution in [0.1, 0.15) is 40.0 Å². The highest BCUT2D eigenvalue weighted by molar-refractivity contribution is 5.98. The van der Waals surface area contributed by atoms with Crippen LogP contribution >= 0.6 is 0 Å². The van der Waals surface area contributed by atoms with Gasteiger partial charge in [0.15, 0.2) is 0 Å². The third kappa shape index (κ3) is 12.3. The number of ether oxygens (including phenoxy) is 1. The normalized spacial score (nSPS) is 16.7. The molecule has 5 N–H and O–H groups in total. The van der Waals surface area contributed by atoms with Crippen LogP contribution in [0.15, 0.2) is 11.3 Å². The first-order valence-electron chi connectivity index (χ1n) is 8.64. The molecule has 0 aromatic rings. The van der Waals surface area contributed by atoms with Crippen LogP contribution in [-0.2, 0) is 28.7 Å². The summed E-state index contributed by atoms with van der Waals surface area (Å²) in [6.45, 7) is 3.77. The number of cyclic esters (lactones) is 1. The smallest absolute Gasteiger partial charge is 0.335 e. The number of ketones is 2. The molecule has 0 radical (unpaired) electrons. The van der Waals surface area contributed by atoms with Gasteiger partial charge in [0.05, 0.1) is 17.9 Å². The number of carboxylic acid groups (broad SMARTS) is 2. The van der Waals surface area contributed by atoms with E-state index in [1.54, 1.807) is 0 Å². The molecule has 0 saturated carbocycles. The van der Waals surface area contributed by atoms with E-state index in [-0.39, 0.29) is 49.1 Å². The van der Waals surface area contributed by atoms with E-state index in [0.29, 0.717) is 13.0 Å². The fourth-order valence-corrected chi connectivity index (χ4v) is 2.05. The van der Waals surface area contributed by atoms with Gasteiger partial charge >= 0.3 is 17.9 Å². The van der Waals surface area contributed by atoms with Gasteiger partial charge in [-0.1, -0.05) is 0 Å². The predicted molar refractivity (Wildman–Crippen MR) is 97.9 cm³/mol. The van der Waals surface area contributed by atoms with Gasteiger partial charge in [0, 0.05) is 26.1 Å². The van der Waals surface area contributed by atoms with Crippen molar-refractivity contribution >= 4 is 29.5 Å². The minimum Gasteiger partial charge on any atom is -0.512 e. The number of allylic oxidation sites excluding steroid dienone is 1. The maximum absolute atomic E-state index is 10.6. The molecule has 1 rings (SSSR count). The lowest BCUT2D eigenvalue weighted by Crippen LogP contribution is -2.22. The van der Waals surface area contributed by atoms with Gasteiger partial charge in [-0.2, -0.15) is 0 Å². The quantitative estimate of drug-likeness (QED) is 0.154. The Labute approximate surface area is 167 Å². The number of carbonyl (C=O) groups excluding carboxylic acids is 3. The summed E-state index contributed by atoms with van der Waals surface area (Å²) in [6.07, 6.45) is 0.552. The van der Waals surface area contributed by atoms with Gasteiger partial charge in [-0.15, -0.1) is 0 Å². The summed E-state index contributed by atoms with van der Waals surface area (Å²) in [4.78, 5) is 52.0. The minimum absolute atomic E-state index is 0.00463. The third-order valence-electron chi connectivity index (χ3n) is 3.69. The number of aliphatic hydroxyl groups excluding tert-OH is 3. The Morgan fingerprint density at radius 3 is 1.72 bits per heavy atom. The van der Waals surface area contributed by atoms with Crippen LogP contribution < -0.4 is 0 Å². The minimum atomic E-state index is -1.19. The number of hydrogen-bond donors (Lipinski definition) is 5. The summed E-state index contributed by atoms with van der Waals surface area (Å²) in [5, 5.41) is 42.0. The fourth-order valence-electron chi connectivity index (χ4n) is 2.05. The van der Waals surface area contributed by atoms with Crippen LogP contribution in [0.5, 0.6) is 0 Å². The molecule has 2 atom stereocenters. The topological polar surface area (TPSA) is 196 Å². The van der Waals surface area contributed by atoms with Gasteiger partial charge in [-0.3, -0.25) is 19.2 Å². The standard InChI is InChI=1S/2C6H10O4.C6H8O3/c2*1-4(8)5(2-3-7)6(9)10;1-4(7)5-2-3-9-6(5)8/h7-8H,2-3H2,1H3,(H,9,10);5,7H,2-3H2,1H3,(H,9,10);5H,2-3H2,1H3/b5-4-;;. The predicted octanol–water partition coefficient (Wildman–Crippen LogP) is 0.0825. The summed E-state index contributed by atoms with van der Waals surface area (Å²) in [7, 11) is 0. The van der Waals surface area contributed by atoms with Gasteiger partial charge in [0.2, 0.25) is 0 Å². The van der Waals surface area contributed by atoms with Crippen molar-refractivity contribution in [3.05, 3.63) is 11.3 Å².